The van der Waals surface area contributed by atoms with Crippen LogP contribution in [-0.4, -0.2) is 24.9 Å². The van der Waals surface area contributed by atoms with Crippen molar-refractivity contribution in [2.45, 2.75) is 65.8 Å². The maximum Gasteiger partial charge on any atom is 0.122 e. The van der Waals surface area contributed by atoms with Crippen molar-refractivity contribution < 1.29 is 0 Å². The van der Waals surface area contributed by atoms with Gasteiger partial charge in [-0.25, -0.2) is 0 Å². The number of rotatable bonds is 4. The van der Waals surface area contributed by atoms with Crippen LogP contribution in [0.4, 0.5) is 0 Å². The van der Waals surface area contributed by atoms with Crippen LogP contribution in [0.3, 0.4) is 0 Å². The molecular formula is C10H25NSi. The minimum atomic E-state index is -1.10. The Bertz CT molecular complexity index is 122. The molecule has 0 heterocycles. The first-order valence-corrected chi connectivity index (χ1v) is 8.26. The second-order valence-corrected chi connectivity index (χ2v) is 9.61. The first kappa shape index (κ1) is 12.2. The van der Waals surface area contributed by atoms with Crippen LogP contribution in [-0.2, 0) is 0 Å². The zero-order chi connectivity index (χ0) is 9.94. The SMILES string of the molecule is CC[Si](C)(C)N(C(C)C)C(C)C. The molecule has 0 spiro atoms. The molecule has 0 atom stereocenters. The minimum absolute atomic E-state index is 0.701. The lowest BCUT2D eigenvalue weighted by Gasteiger charge is -2.42. The molecule has 0 fully saturated rings. The Labute approximate surface area is 79.2 Å². The molecule has 1 nitrogen and oxygen atoms in total. The molecule has 0 aliphatic carbocycles. The highest BCUT2D eigenvalue weighted by Gasteiger charge is 2.30. The van der Waals surface area contributed by atoms with Gasteiger partial charge in [0.05, 0.1) is 0 Å². The Morgan fingerprint density at radius 1 is 1.00 bits per heavy atom. The van der Waals surface area contributed by atoms with E-state index in [0.717, 1.165) is 0 Å². The first-order valence-electron chi connectivity index (χ1n) is 5.11. The van der Waals surface area contributed by atoms with Crippen molar-refractivity contribution in [2.24, 2.45) is 0 Å². The first-order chi connectivity index (χ1) is 5.33. The third-order valence-electron chi connectivity index (χ3n) is 2.68. The van der Waals surface area contributed by atoms with Crippen LogP contribution >= 0.6 is 0 Å². The summed E-state index contributed by atoms with van der Waals surface area (Å²) >= 11 is 0. The molecule has 0 aromatic rings. The lowest BCUT2D eigenvalue weighted by molar-refractivity contribution is 0.294. The van der Waals surface area contributed by atoms with E-state index in [2.05, 4.69) is 52.3 Å². The molecule has 0 aromatic heterocycles. The standard InChI is InChI=1S/C10H25NSi/c1-8-12(6,7)11(9(2)3)10(4)5/h9-10H,8H2,1-7H3. The van der Waals surface area contributed by atoms with Gasteiger partial charge in [-0.2, -0.15) is 0 Å². The Morgan fingerprint density at radius 3 is 1.42 bits per heavy atom. The average Bonchev–Trinajstić information content (AvgIpc) is 1.84. The van der Waals surface area contributed by atoms with Crippen LogP contribution in [0, 0.1) is 0 Å². The highest BCUT2D eigenvalue weighted by molar-refractivity contribution is 6.74. The molecule has 0 saturated carbocycles. The molecule has 0 unspecified atom stereocenters. The van der Waals surface area contributed by atoms with Crippen molar-refractivity contribution in [1.29, 1.82) is 0 Å². The van der Waals surface area contributed by atoms with Gasteiger partial charge >= 0.3 is 0 Å². The summed E-state index contributed by atoms with van der Waals surface area (Å²) in [6.07, 6.45) is 0. The van der Waals surface area contributed by atoms with Crippen molar-refractivity contribution >= 4 is 8.24 Å². The van der Waals surface area contributed by atoms with Gasteiger partial charge in [0.25, 0.3) is 0 Å². The topological polar surface area (TPSA) is 3.24 Å². The third-order valence-corrected chi connectivity index (χ3v) is 6.84. The molecule has 12 heavy (non-hydrogen) atoms. The van der Waals surface area contributed by atoms with Crippen molar-refractivity contribution in [3.05, 3.63) is 0 Å². The summed E-state index contributed by atoms with van der Waals surface area (Å²) in [4.78, 5) is 0. The fourth-order valence-electron chi connectivity index (χ4n) is 2.18. The normalized spacial score (nSPS) is 13.5. The zero-order valence-corrected chi connectivity index (χ0v) is 10.8. The predicted molar refractivity (Wildman–Crippen MR) is 60.1 cm³/mol. The predicted octanol–water partition coefficient (Wildman–Crippen LogP) is 3.33. The molecule has 0 aromatic carbocycles. The van der Waals surface area contributed by atoms with Gasteiger partial charge < -0.3 is 4.57 Å². The summed E-state index contributed by atoms with van der Waals surface area (Å²) < 4.78 is 2.72. The highest BCUT2D eigenvalue weighted by atomic mass is 28.3. The number of hydrogen-bond acceptors (Lipinski definition) is 1. The van der Waals surface area contributed by atoms with Crippen LogP contribution < -0.4 is 0 Å². The molecule has 0 bridgehead atoms. The smallest absolute Gasteiger partial charge is 0.122 e. The van der Waals surface area contributed by atoms with Crippen molar-refractivity contribution in [3.63, 3.8) is 0 Å². The van der Waals surface area contributed by atoms with Gasteiger partial charge in [-0.05, 0) is 18.1 Å². The lowest BCUT2D eigenvalue weighted by atomic mass is 10.3. The molecule has 0 amide bonds. The van der Waals surface area contributed by atoms with Crippen LogP contribution in [0.1, 0.15) is 34.6 Å². The minimum Gasteiger partial charge on any atom is -0.319 e. The number of hydrogen-bond donors (Lipinski definition) is 0. The van der Waals surface area contributed by atoms with Crippen LogP contribution in [0.25, 0.3) is 0 Å². The molecule has 0 N–H and O–H groups in total. The van der Waals surface area contributed by atoms with Crippen molar-refractivity contribution in [1.82, 2.24) is 4.57 Å². The molecule has 0 aliphatic rings. The largest absolute Gasteiger partial charge is 0.319 e. The van der Waals surface area contributed by atoms with Gasteiger partial charge in [0.2, 0.25) is 0 Å². The zero-order valence-electron chi connectivity index (χ0n) is 9.81. The fourth-order valence-corrected chi connectivity index (χ4v) is 5.34. The van der Waals surface area contributed by atoms with Crippen LogP contribution in [0.5, 0.6) is 0 Å². The molecular weight excluding hydrogens is 162 g/mol. The van der Waals surface area contributed by atoms with Crippen LogP contribution in [0.2, 0.25) is 19.1 Å². The second kappa shape index (κ2) is 4.42. The van der Waals surface area contributed by atoms with E-state index in [1.165, 1.54) is 6.04 Å². The van der Waals surface area contributed by atoms with E-state index < -0.39 is 8.24 Å². The fraction of sp³-hybridized carbons (Fsp3) is 1.00. The maximum atomic E-state index is 2.72. The third kappa shape index (κ3) is 2.90. The molecule has 2 heteroatoms. The summed E-state index contributed by atoms with van der Waals surface area (Å²) in [5.74, 6) is 0. The van der Waals surface area contributed by atoms with Crippen molar-refractivity contribution in [3.8, 4) is 0 Å². The van der Waals surface area contributed by atoms with E-state index in [0.29, 0.717) is 12.1 Å². The summed E-state index contributed by atoms with van der Waals surface area (Å²) in [5.41, 5.74) is 0. The van der Waals surface area contributed by atoms with Crippen LogP contribution in [0.15, 0.2) is 0 Å². The Kier molecular flexibility index (Phi) is 4.49. The van der Waals surface area contributed by atoms with E-state index in [4.69, 9.17) is 0 Å². The van der Waals surface area contributed by atoms with Crippen molar-refractivity contribution in [2.75, 3.05) is 0 Å². The summed E-state index contributed by atoms with van der Waals surface area (Å²) in [6.45, 7) is 16.5. The average molecular weight is 187 g/mol. The van der Waals surface area contributed by atoms with E-state index in [1.807, 2.05) is 0 Å². The Morgan fingerprint density at radius 2 is 1.33 bits per heavy atom. The van der Waals surface area contributed by atoms with Gasteiger partial charge in [0, 0.05) is 0 Å². The Balaban J connectivity index is 4.50. The highest BCUT2D eigenvalue weighted by Crippen LogP contribution is 2.20. The van der Waals surface area contributed by atoms with E-state index >= 15 is 0 Å². The Hall–Kier alpha value is 0.177. The summed E-state index contributed by atoms with van der Waals surface area (Å²) in [6, 6.07) is 2.75. The quantitative estimate of drug-likeness (QED) is 0.610. The van der Waals surface area contributed by atoms with Gasteiger partial charge in [-0.15, -0.1) is 0 Å². The van der Waals surface area contributed by atoms with E-state index in [1.54, 1.807) is 0 Å². The summed E-state index contributed by atoms with van der Waals surface area (Å²) in [7, 11) is -1.10. The van der Waals surface area contributed by atoms with Gasteiger partial charge in [0.1, 0.15) is 8.24 Å². The van der Waals surface area contributed by atoms with Gasteiger partial charge in [-0.1, -0.05) is 47.7 Å². The lowest BCUT2D eigenvalue weighted by Crippen LogP contribution is -2.55. The maximum absolute atomic E-state index is 2.72. The van der Waals surface area contributed by atoms with Gasteiger partial charge in [0.15, 0.2) is 0 Å². The summed E-state index contributed by atoms with van der Waals surface area (Å²) in [5, 5.41) is 0. The molecule has 0 saturated heterocycles. The molecule has 74 valence electrons. The monoisotopic (exact) mass is 187 g/mol. The van der Waals surface area contributed by atoms with E-state index in [-0.39, 0.29) is 0 Å². The number of nitrogens with zero attached hydrogens (tertiary/aromatic N) is 1. The van der Waals surface area contributed by atoms with E-state index in [9.17, 15) is 0 Å². The van der Waals surface area contributed by atoms with Gasteiger partial charge in [-0.3, -0.25) is 0 Å². The molecule has 0 aliphatic heterocycles. The molecule has 0 rings (SSSR count). The molecule has 0 radical (unpaired) electrons. The second-order valence-electron chi connectivity index (χ2n) is 4.76.